The van der Waals surface area contributed by atoms with E-state index in [-0.39, 0.29) is 5.91 Å². The van der Waals surface area contributed by atoms with Crippen molar-refractivity contribution >= 4 is 5.91 Å². The van der Waals surface area contributed by atoms with E-state index < -0.39 is 5.91 Å². The van der Waals surface area contributed by atoms with Crippen LogP contribution in [0.25, 0.3) is 0 Å². The zero-order valence-corrected chi connectivity index (χ0v) is 11.2. The van der Waals surface area contributed by atoms with Gasteiger partial charge in [-0.2, -0.15) is 0 Å². The zero-order valence-electron chi connectivity index (χ0n) is 11.2. The fourth-order valence-electron chi connectivity index (χ4n) is 1.58. The van der Waals surface area contributed by atoms with E-state index in [0.29, 0.717) is 18.6 Å². The summed E-state index contributed by atoms with van der Waals surface area (Å²) >= 11 is 0. The molecule has 0 aliphatic carbocycles. The van der Waals surface area contributed by atoms with E-state index in [1.54, 1.807) is 12.1 Å². The maximum absolute atomic E-state index is 12.1. The molecule has 1 aromatic rings. The van der Waals surface area contributed by atoms with E-state index in [2.05, 4.69) is 5.32 Å². The summed E-state index contributed by atoms with van der Waals surface area (Å²) in [4.78, 5) is 12.1. The standard InChI is InChI=1S/C14H21NO3/c1-4-11-18-14(5-2,17-3)15-13(16)12-9-7-6-8-10-12/h6-10H,4-5,11H2,1-3H3,(H,15,16). The Morgan fingerprint density at radius 3 is 2.44 bits per heavy atom. The van der Waals surface area contributed by atoms with Crippen LogP contribution < -0.4 is 5.32 Å². The summed E-state index contributed by atoms with van der Waals surface area (Å²) in [6.45, 7) is 4.45. The molecule has 0 radical (unpaired) electrons. The Labute approximate surface area is 108 Å². The third-order valence-electron chi connectivity index (χ3n) is 2.67. The largest absolute Gasteiger partial charge is 0.336 e. The Balaban J connectivity index is 2.74. The number of rotatable bonds is 7. The molecule has 100 valence electrons. The second kappa shape index (κ2) is 7.13. The Bertz CT molecular complexity index is 361. The lowest BCUT2D eigenvalue weighted by molar-refractivity contribution is -0.236. The summed E-state index contributed by atoms with van der Waals surface area (Å²) < 4.78 is 10.9. The van der Waals surface area contributed by atoms with E-state index in [4.69, 9.17) is 9.47 Å². The predicted molar refractivity (Wildman–Crippen MR) is 70.2 cm³/mol. The van der Waals surface area contributed by atoms with Crippen LogP contribution in [0.3, 0.4) is 0 Å². The number of hydrogen-bond acceptors (Lipinski definition) is 3. The van der Waals surface area contributed by atoms with Crippen molar-refractivity contribution in [2.24, 2.45) is 0 Å². The smallest absolute Gasteiger partial charge is 0.255 e. The van der Waals surface area contributed by atoms with E-state index in [1.165, 1.54) is 7.11 Å². The quantitative estimate of drug-likeness (QED) is 0.758. The van der Waals surface area contributed by atoms with E-state index >= 15 is 0 Å². The van der Waals surface area contributed by atoms with Crippen molar-refractivity contribution in [3.05, 3.63) is 35.9 Å². The summed E-state index contributed by atoms with van der Waals surface area (Å²) in [6.07, 6.45) is 1.41. The Morgan fingerprint density at radius 2 is 1.94 bits per heavy atom. The van der Waals surface area contributed by atoms with Crippen LogP contribution in [0.4, 0.5) is 0 Å². The van der Waals surface area contributed by atoms with Crippen LogP contribution >= 0.6 is 0 Å². The number of ether oxygens (including phenoxy) is 2. The Morgan fingerprint density at radius 1 is 1.28 bits per heavy atom. The van der Waals surface area contributed by atoms with Crippen molar-refractivity contribution in [2.75, 3.05) is 13.7 Å². The molecule has 4 heteroatoms. The molecule has 0 aliphatic rings. The van der Waals surface area contributed by atoms with Crippen molar-refractivity contribution in [1.29, 1.82) is 0 Å². The van der Waals surface area contributed by atoms with Crippen LogP contribution in [0.15, 0.2) is 30.3 Å². The van der Waals surface area contributed by atoms with Gasteiger partial charge in [0.05, 0.1) is 6.61 Å². The highest BCUT2D eigenvalue weighted by atomic mass is 16.7. The maximum Gasteiger partial charge on any atom is 0.255 e. The number of nitrogens with one attached hydrogen (secondary N) is 1. The van der Waals surface area contributed by atoms with Crippen LogP contribution in [-0.2, 0) is 9.47 Å². The van der Waals surface area contributed by atoms with Gasteiger partial charge in [0.25, 0.3) is 11.8 Å². The van der Waals surface area contributed by atoms with Crippen LogP contribution in [0.5, 0.6) is 0 Å². The minimum Gasteiger partial charge on any atom is -0.336 e. The van der Waals surface area contributed by atoms with Gasteiger partial charge in [-0.15, -0.1) is 0 Å². The molecule has 0 heterocycles. The first kappa shape index (κ1) is 14.7. The fourth-order valence-corrected chi connectivity index (χ4v) is 1.58. The van der Waals surface area contributed by atoms with Gasteiger partial charge in [-0.1, -0.05) is 32.0 Å². The summed E-state index contributed by atoms with van der Waals surface area (Å²) in [5, 5.41) is 2.80. The van der Waals surface area contributed by atoms with Crippen molar-refractivity contribution in [1.82, 2.24) is 5.32 Å². The molecule has 0 aromatic heterocycles. The second-order valence-corrected chi connectivity index (χ2v) is 3.98. The average Bonchev–Trinajstić information content (AvgIpc) is 2.44. The maximum atomic E-state index is 12.1. The van der Waals surface area contributed by atoms with E-state index in [9.17, 15) is 4.79 Å². The molecule has 0 bridgehead atoms. The van der Waals surface area contributed by atoms with Crippen LogP contribution in [0, 0.1) is 0 Å². The second-order valence-electron chi connectivity index (χ2n) is 3.98. The highest BCUT2D eigenvalue weighted by Gasteiger charge is 2.30. The number of hydrogen-bond donors (Lipinski definition) is 1. The van der Waals surface area contributed by atoms with Crippen LogP contribution in [-0.4, -0.2) is 25.5 Å². The highest BCUT2D eigenvalue weighted by Crippen LogP contribution is 2.15. The highest BCUT2D eigenvalue weighted by molar-refractivity contribution is 5.94. The SMILES string of the molecule is CCCOC(CC)(NC(=O)c1ccccc1)OC. The third-order valence-corrected chi connectivity index (χ3v) is 2.67. The average molecular weight is 251 g/mol. The summed E-state index contributed by atoms with van der Waals surface area (Å²) in [7, 11) is 1.53. The van der Waals surface area contributed by atoms with Gasteiger partial charge in [-0.05, 0) is 18.6 Å². The molecule has 4 nitrogen and oxygen atoms in total. The molecule has 0 aliphatic heterocycles. The van der Waals surface area contributed by atoms with Gasteiger partial charge in [0.1, 0.15) is 0 Å². The van der Waals surface area contributed by atoms with Gasteiger partial charge in [-0.3, -0.25) is 4.79 Å². The topological polar surface area (TPSA) is 47.6 Å². The van der Waals surface area contributed by atoms with Gasteiger partial charge in [-0.25, -0.2) is 0 Å². The molecule has 1 unspecified atom stereocenters. The molecule has 18 heavy (non-hydrogen) atoms. The van der Waals surface area contributed by atoms with E-state index in [0.717, 1.165) is 6.42 Å². The van der Waals surface area contributed by atoms with Crippen molar-refractivity contribution in [2.45, 2.75) is 32.6 Å². The lowest BCUT2D eigenvalue weighted by Gasteiger charge is -2.31. The molecular weight excluding hydrogens is 230 g/mol. The monoisotopic (exact) mass is 251 g/mol. The van der Waals surface area contributed by atoms with Crippen LogP contribution in [0.1, 0.15) is 37.0 Å². The van der Waals surface area contributed by atoms with E-state index in [1.807, 2.05) is 32.0 Å². The molecule has 1 amide bonds. The predicted octanol–water partition coefficient (Wildman–Crippen LogP) is 2.55. The molecule has 1 aromatic carbocycles. The van der Waals surface area contributed by atoms with Gasteiger partial charge >= 0.3 is 0 Å². The van der Waals surface area contributed by atoms with Crippen molar-refractivity contribution < 1.29 is 14.3 Å². The minimum absolute atomic E-state index is 0.199. The van der Waals surface area contributed by atoms with Gasteiger partial charge < -0.3 is 14.8 Å². The lowest BCUT2D eigenvalue weighted by Crippen LogP contribution is -2.51. The molecule has 0 saturated carbocycles. The van der Waals surface area contributed by atoms with Gasteiger partial charge in [0, 0.05) is 19.1 Å². The van der Waals surface area contributed by atoms with Crippen molar-refractivity contribution in [3.8, 4) is 0 Å². The number of carbonyl (C=O) groups is 1. The zero-order chi connectivity index (χ0) is 13.4. The summed E-state index contributed by atoms with van der Waals surface area (Å²) in [6, 6.07) is 9.02. The molecule has 1 N–H and O–H groups in total. The van der Waals surface area contributed by atoms with Gasteiger partial charge in [0.2, 0.25) is 0 Å². The number of benzene rings is 1. The van der Waals surface area contributed by atoms with Crippen molar-refractivity contribution in [3.63, 3.8) is 0 Å². The first-order valence-electron chi connectivity index (χ1n) is 6.24. The fraction of sp³-hybridized carbons (Fsp3) is 0.500. The molecular formula is C14H21NO3. The molecule has 1 atom stereocenters. The summed E-state index contributed by atoms with van der Waals surface area (Å²) in [5.74, 6) is -1.24. The molecule has 0 fully saturated rings. The normalized spacial score (nSPS) is 13.9. The van der Waals surface area contributed by atoms with Gasteiger partial charge in [0.15, 0.2) is 0 Å². The summed E-state index contributed by atoms with van der Waals surface area (Å²) in [5.41, 5.74) is 0.590. The molecule has 0 saturated heterocycles. The Hall–Kier alpha value is -1.39. The third kappa shape index (κ3) is 3.82. The minimum atomic E-state index is -1.04. The molecule has 1 rings (SSSR count). The lowest BCUT2D eigenvalue weighted by atomic mass is 10.2. The number of methoxy groups -OCH3 is 1. The number of amides is 1. The Kier molecular flexibility index (Phi) is 5.82. The first-order valence-corrected chi connectivity index (χ1v) is 6.24. The van der Waals surface area contributed by atoms with Crippen LogP contribution in [0.2, 0.25) is 0 Å². The number of carbonyl (C=O) groups excluding carboxylic acids is 1. The first-order chi connectivity index (χ1) is 8.67. The molecule has 0 spiro atoms.